The van der Waals surface area contributed by atoms with E-state index < -0.39 is 48.5 Å². The average molecular weight is 410 g/mol. The normalized spacial score (nSPS) is 12.9. The van der Waals surface area contributed by atoms with E-state index in [1.807, 2.05) is 0 Å². The highest BCUT2D eigenvalue weighted by atomic mass is 35.5. The maximum atomic E-state index is 12.5. The Balaban J connectivity index is 2.76. The summed E-state index contributed by atoms with van der Waals surface area (Å²) in [6.45, 7) is 3.99. The maximum Gasteiger partial charge on any atom is 0.471 e. The Hall–Kier alpha value is -2.29. The van der Waals surface area contributed by atoms with E-state index >= 15 is 0 Å². The van der Waals surface area contributed by atoms with E-state index in [1.165, 1.54) is 50.4 Å². The Labute approximate surface area is 159 Å². The van der Waals surface area contributed by atoms with Crippen LogP contribution in [0.1, 0.15) is 27.2 Å². The molecule has 1 N–H and O–H groups in total. The van der Waals surface area contributed by atoms with Crippen molar-refractivity contribution in [1.82, 2.24) is 5.32 Å². The molecule has 1 atom stereocenters. The van der Waals surface area contributed by atoms with Gasteiger partial charge in [-0.15, -0.1) is 0 Å². The molecule has 0 bridgehead atoms. The quantitative estimate of drug-likeness (QED) is 0.700. The van der Waals surface area contributed by atoms with Crippen molar-refractivity contribution >= 4 is 29.3 Å². The third-order valence-corrected chi connectivity index (χ3v) is 3.15. The van der Waals surface area contributed by atoms with E-state index in [0.29, 0.717) is 10.8 Å². The van der Waals surface area contributed by atoms with Crippen LogP contribution in [0.2, 0.25) is 5.02 Å². The molecule has 1 aromatic rings. The van der Waals surface area contributed by atoms with Crippen LogP contribution in [0, 0.1) is 0 Å². The van der Waals surface area contributed by atoms with Crippen molar-refractivity contribution in [3.05, 3.63) is 29.3 Å². The Morgan fingerprint density at radius 1 is 1.11 bits per heavy atom. The molecule has 0 aliphatic heterocycles. The van der Waals surface area contributed by atoms with Crippen LogP contribution in [-0.4, -0.2) is 42.1 Å². The lowest BCUT2D eigenvalue weighted by molar-refractivity contribution is -0.177. The first kappa shape index (κ1) is 22.8. The lowest BCUT2D eigenvalue weighted by Gasteiger charge is -2.24. The van der Waals surface area contributed by atoms with Crippen LogP contribution in [0.4, 0.5) is 13.2 Å². The fourth-order valence-electron chi connectivity index (χ4n) is 1.79. The molecule has 150 valence electrons. The van der Waals surface area contributed by atoms with Crippen molar-refractivity contribution in [2.45, 2.75) is 45.0 Å². The SMILES string of the molecule is CC(C)(C)OC(=O)C(CC(=O)COc1ccc(Cl)cc1)NC(=O)C(F)(F)F. The lowest BCUT2D eigenvalue weighted by atomic mass is 10.1. The smallest absolute Gasteiger partial charge is 0.471 e. The summed E-state index contributed by atoms with van der Waals surface area (Å²) in [6.07, 6.45) is -5.92. The van der Waals surface area contributed by atoms with Crippen molar-refractivity contribution in [1.29, 1.82) is 0 Å². The molecule has 0 saturated heterocycles. The number of ketones is 1. The molecule has 1 amide bonds. The second kappa shape index (κ2) is 9.07. The van der Waals surface area contributed by atoms with Gasteiger partial charge in [0.15, 0.2) is 5.78 Å². The Kier molecular flexibility index (Phi) is 7.65. The molecule has 1 aromatic carbocycles. The molecule has 0 aliphatic carbocycles. The molecule has 1 rings (SSSR count). The number of alkyl halides is 3. The van der Waals surface area contributed by atoms with E-state index in [-0.39, 0.29) is 0 Å². The minimum Gasteiger partial charge on any atom is -0.486 e. The van der Waals surface area contributed by atoms with Crippen LogP contribution in [0.25, 0.3) is 0 Å². The van der Waals surface area contributed by atoms with E-state index in [1.54, 1.807) is 0 Å². The third-order valence-electron chi connectivity index (χ3n) is 2.90. The number of Topliss-reactive ketones (excluding diaryl/α,β-unsaturated/α-hetero) is 1. The predicted molar refractivity (Wildman–Crippen MR) is 90.4 cm³/mol. The molecular weight excluding hydrogens is 391 g/mol. The van der Waals surface area contributed by atoms with Crippen molar-refractivity contribution in [3.8, 4) is 5.75 Å². The number of esters is 1. The van der Waals surface area contributed by atoms with E-state index in [0.717, 1.165) is 0 Å². The molecule has 10 heteroatoms. The zero-order valence-corrected chi connectivity index (χ0v) is 15.6. The van der Waals surface area contributed by atoms with Crippen LogP contribution in [0.15, 0.2) is 24.3 Å². The Morgan fingerprint density at radius 3 is 2.15 bits per heavy atom. The molecule has 0 heterocycles. The number of rotatable bonds is 7. The summed E-state index contributed by atoms with van der Waals surface area (Å²) in [4.78, 5) is 35.2. The van der Waals surface area contributed by atoms with Crippen LogP contribution in [0.3, 0.4) is 0 Å². The fraction of sp³-hybridized carbons (Fsp3) is 0.471. The summed E-state index contributed by atoms with van der Waals surface area (Å²) in [5, 5.41) is 1.94. The average Bonchev–Trinajstić information content (AvgIpc) is 2.51. The second-order valence-electron chi connectivity index (χ2n) is 6.54. The molecule has 0 saturated carbocycles. The molecule has 0 aromatic heterocycles. The summed E-state index contributed by atoms with van der Waals surface area (Å²) in [7, 11) is 0. The predicted octanol–water partition coefficient (Wildman–Crippen LogP) is 3.07. The van der Waals surface area contributed by atoms with Gasteiger partial charge in [0.25, 0.3) is 0 Å². The third kappa shape index (κ3) is 8.76. The topological polar surface area (TPSA) is 81.7 Å². The first-order chi connectivity index (χ1) is 12.3. The molecular formula is C17H19ClF3NO5. The molecule has 0 spiro atoms. The van der Waals surface area contributed by atoms with Crippen LogP contribution >= 0.6 is 11.6 Å². The van der Waals surface area contributed by atoms with Crippen molar-refractivity contribution < 1.29 is 37.0 Å². The number of carbonyl (C=O) groups is 3. The van der Waals surface area contributed by atoms with Gasteiger partial charge < -0.3 is 14.8 Å². The number of benzene rings is 1. The minimum atomic E-state index is -5.21. The molecule has 27 heavy (non-hydrogen) atoms. The van der Waals surface area contributed by atoms with Gasteiger partial charge in [-0.25, -0.2) is 4.79 Å². The molecule has 1 unspecified atom stereocenters. The first-order valence-corrected chi connectivity index (χ1v) is 8.16. The summed E-state index contributed by atoms with van der Waals surface area (Å²) < 4.78 is 47.5. The number of ether oxygens (including phenoxy) is 2. The molecule has 0 radical (unpaired) electrons. The van der Waals surface area contributed by atoms with Gasteiger partial charge in [0.2, 0.25) is 0 Å². The van der Waals surface area contributed by atoms with E-state index in [9.17, 15) is 27.6 Å². The monoisotopic (exact) mass is 409 g/mol. The van der Waals surface area contributed by atoms with Crippen molar-refractivity contribution in [2.24, 2.45) is 0 Å². The second-order valence-corrected chi connectivity index (χ2v) is 6.98. The first-order valence-electron chi connectivity index (χ1n) is 7.78. The highest BCUT2D eigenvalue weighted by molar-refractivity contribution is 6.30. The van der Waals surface area contributed by atoms with Gasteiger partial charge in [0.05, 0.1) is 0 Å². The number of hydrogen-bond acceptors (Lipinski definition) is 5. The van der Waals surface area contributed by atoms with E-state index in [4.69, 9.17) is 21.1 Å². The van der Waals surface area contributed by atoms with Gasteiger partial charge in [-0.2, -0.15) is 13.2 Å². The molecule has 0 aliphatic rings. The van der Waals surface area contributed by atoms with Gasteiger partial charge in [0, 0.05) is 11.4 Å². The number of hydrogen-bond donors (Lipinski definition) is 1. The highest BCUT2D eigenvalue weighted by Crippen LogP contribution is 2.18. The van der Waals surface area contributed by atoms with E-state index in [2.05, 4.69) is 0 Å². The van der Waals surface area contributed by atoms with Gasteiger partial charge in [-0.3, -0.25) is 9.59 Å². The summed E-state index contributed by atoms with van der Waals surface area (Å²) in [5.74, 6) is -3.89. The zero-order chi connectivity index (χ0) is 20.8. The molecule has 6 nitrogen and oxygen atoms in total. The number of nitrogens with one attached hydrogen (secondary N) is 1. The Bertz CT molecular complexity index is 683. The van der Waals surface area contributed by atoms with Crippen molar-refractivity contribution in [2.75, 3.05) is 6.61 Å². The fourth-order valence-corrected chi connectivity index (χ4v) is 1.91. The highest BCUT2D eigenvalue weighted by Gasteiger charge is 2.42. The minimum absolute atomic E-state index is 0.306. The van der Waals surface area contributed by atoms with Crippen molar-refractivity contribution in [3.63, 3.8) is 0 Å². The number of amides is 1. The lowest BCUT2D eigenvalue weighted by Crippen LogP contribution is -2.49. The number of halogens is 4. The van der Waals surface area contributed by atoms with Gasteiger partial charge in [0.1, 0.15) is 24.0 Å². The zero-order valence-electron chi connectivity index (χ0n) is 14.9. The largest absolute Gasteiger partial charge is 0.486 e. The number of carbonyl (C=O) groups excluding carboxylic acids is 3. The summed E-state index contributed by atoms with van der Waals surface area (Å²) in [6, 6.07) is 4.24. The van der Waals surface area contributed by atoms with Crippen LogP contribution < -0.4 is 10.1 Å². The summed E-state index contributed by atoms with van der Waals surface area (Å²) >= 11 is 5.71. The van der Waals surface area contributed by atoms with Gasteiger partial charge >= 0.3 is 18.1 Å². The summed E-state index contributed by atoms with van der Waals surface area (Å²) in [5.41, 5.74) is -1.01. The van der Waals surface area contributed by atoms with Crippen LogP contribution in [0.5, 0.6) is 5.75 Å². The molecule has 0 fully saturated rings. The van der Waals surface area contributed by atoms with Gasteiger partial charge in [-0.1, -0.05) is 11.6 Å². The standard InChI is InChI=1S/C17H19ClF3NO5/c1-16(2,3)27-14(24)13(22-15(25)17(19,20)21)8-11(23)9-26-12-6-4-10(18)5-7-12/h4-7,13H,8-9H2,1-3H3,(H,22,25). The van der Waals surface area contributed by atoms with Gasteiger partial charge in [-0.05, 0) is 45.0 Å². The Morgan fingerprint density at radius 2 is 1.67 bits per heavy atom. The van der Waals surface area contributed by atoms with Crippen LogP contribution in [-0.2, 0) is 19.1 Å². The maximum absolute atomic E-state index is 12.5.